The summed E-state index contributed by atoms with van der Waals surface area (Å²) in [6, 6.07) is 14.4. The normalized spacial score (nSPS) is 33.5. The van der Waals surface area contributed by atoms with Crippen LogP contribution in [0, 0.1) is 22.7 Å². The number of fused-ring (bicyclic) bond motifs is 5. The molecule has 0 aromatic heterocycles. The maximum atomic E-state index is 15.5. The Labute approximate surface area is 369 Å². The van der Waals surface area contributed by atoms with E-state index in [9.17, 15) is 39.3 Å². The molecule has 3 fully saturated rings. The average molecular weight is 903 g/mol. The van der Waals surface area contributed by atoms with Crippen LogP contribution >= 0.6 is 23.2 Å². The maximum absolute atomic E-state index is 15.5. The summed E-state index contributed by atoms with van der Waals surface area (Å²) in [5, 5.41) is 38.3. The average Bonchev–Trinajstić information content (AvgIpc) is 3.20. The lowest BCUT2D eigenvalue weighted by molar-refractivity contribution is -0.337. The van der Waals surface area contributed by atoms with Crippen LogP contribution in [0.15, 0.2) is 71.8 Å². The number of nitrogens with one attached hydrogen (secondary N) is 1. The molecule has 15 nitrogen and oxygen atoms in total. The van der Waals surface area contributed by atoms with E-state index >= 15 is 4.79 Å². The van der Waals surface area contributed by atoms with Crippen molar-refractivity contribution in [3.05, 3.63) is 82.9 Å². The highest BCUT2D eigenvalue weighted by Gasteiger charge is 2.76. The molecule has 4 N–H and O–H groups in total. The molecule has 1 heterocycles. The van der Waals surface area contributed by atoms with Crippen LogP contribution < -0.4 is 5.32 Å². The van der Waals surface area contributed by atoms with E-state index in [1.54, 1.807) is 62.4 Å². The van der Waals surface area contributed by atoms with Gasteiger partial charge in [-0.1, -0.05) is 62.4 Å². The third-order valence-electron chi connectivity index (χ3n) is 13.4. The lowest BCUT2D eigenvalue weighted by Gasteiger charge is -2.66. The minimum absolute atomic E-state index is 0.0588. The molecule has 0 radical (unpaired) electrons. The molecule has 2 aromatic rings. The van der Waals surface area contributed by atoms with Crippen molar-refractivity contribution in [1.82, 2.24) is 5.32 Å². The summed E-state index contributed by atoms with van der Waals surface area (Å²) in [6.45, 7) is 11.0. The second-order valence-corrected chi connectivity index (χ2v) is 19.1. The number of amides is 1. The summed E-state index contributed by atoms with van der Waals surface area (Å²) in [6.07, 6.45) is -11.8. The minimum atomic E-state index is -2.14. The number of ether oxygens (including phenoxy) is 5. The van der Waals surface area contributed by atoms with E-state index in [0.717, 1.165) is 13.8 Å². The minimum Gasteiger partial charge on any atom is -0.458 e. The van der Waals surface area contributed by atoms with Crippen LogP contribution in [0.25, 0.3) is 0 Å². The number of benzene rings is 2. The molecule has 4 aliphatic rings. The fourth-order valence-corrected chi connectivity index (χ4v) is 10.2. The number of rotatable bonds is 11. The van der Waals surface area contributed by atoms with Gasteiger partial charge in [0, 0.05) is 26.2 Å². The molecule has 6 rings (SSSR count). The first kappa shape index (κ1) is 47.1. The summed E-state index contributed by atoms with van der Waals surface area (Å²) in [7, 11) is 0. The Morgan fingerprint density at radius 3 is 2.06 bits per heavy atom. The SMILES string of the molecule is CC(=O)O[C@H]1C(=O)[C@@]2(C)[C@H]([C@H](OC(=O)c3ccccc3)C3[C@@H](O)C(OC(=O)[C@H](O)[C@@H](NC(=O)C(C)(Cl)C(C)Cl)c4ccccc4)C(C)=C1C3(C)C)[C@]1(OC(C)=O)CO[C@@H]1C[C@@H]2O. The highest BCUT2D eigenvalue weighted by Crippen LogP contribution is 2.63. The zero-order valence-corrected chi connectivity index (χ0v) is 37.1. The molecule has 2 bridgehead atoms. The summed E-state index contributed by atoms with van der Waals surface area (Å²) >= 11 is 12.7. The molecule has 1 aliphatic heterocycles. The van der Waals surface area contributed by atoms with E-state index in [0.29, 0.717) is 0 Å². The Morgan fingerprint density at radius 1 is 0.935 bits per heavy atom. The summed E-state index contributed by atoms with van der Waals surface area (Å²) in [5.74, 6) is -8.38. The molecular formula is C45H53Cl2NO14. The number of halogens is 2. The lowest BCUT2D eigenvalue weighted by atomic mass is 9.45. The van der Waals surface area contributed by atoms with Crippen molar-refractivity contribution >= 4 is 58.8 Å². The van der Waals surface area contributed by atoms with Crippen LogP contribution in [0.4, 0.5) is 0 Å². The van der Waals surface area contributed by atoms with Crippen LogP contribution in [-0.4, -0.2) is 116 Å². The van der Waals surface area contributed by atoms with Crippen molar-refractivity contribution in [1.29, 1.82) is 0 Å². The maximum Gasteiger partial charge on any atom is 0.338 e. The van der Waals surface area contributed by atoms with Crippen LogP contribution in [0.2, 0.25) is 0 Å². The molecule has 4 unspecified atom stereocenters. The summed E-state index contributed by atoms with van der Waals surface area (Å²) in [5.41, 5.74) is -4.69. The van der Waals surface area contributed by atoms with Gasteiger partial charge in [-0.05, 0) is 62.0 Å². The van der Waals surface area contributed by atoms with Gasteiger partial charge in [0.05, 0.1) is 41.0 Å². The van der Waals surface area contributed by atoms with Crippen LogP contribution in [0.1, 0.15) is 83.8 Å². The van der Waals surface area contributed by atoms with Gasteiger partial charge in [0.1, 0.15) is 29.3 Å². The van der Waals surface area contributed by atoms with Crippen molar-refractivity contribution in [2.45, 2.75) is 126 Å². The number of carbonyl (C=O) groups is 6. The molecule has 14 atom stereocenters. The second kappa shape index (κ2) is 17.3. The molecule has 0 spiro atoms. The highest BCUT2D eigenvalue weighted by atomic mass is 35.5. The fourth-order valence-electron chi connectivity index (χ4n) is 10.1. The number of aliphatic hydroxyl groups is 3. The Hall–Kier alpha value is -4.38. The fraction of sp³-hybridized carbons (Fsp3) is 0.556. The molecule has 2 aromatic carbocycles. The number of aliphatic hydroxyl groups excluding tert-OH is 3. The van der Waals surface area contributed by atoms with E-state index < -0.39 is 123 Å². The van der Waals surface area contributed by atoms with Gasteiger partial charge in [-0.25, -0.2) is 9.59 Å². The van der Waals surface area contributed by atoms with Crippen LogP contribution in [-0.2, 0) is 47.7 Å². The van der Waals surface area contributed by atoms with E-state index in [1.165, 1.54) is 39.8 Å². The smallest absolute Gasteiger partial charge is 0.338 e. The third-order valence-corrected chi connectivity index (χ3v) is 14.5. The standard InChI is InChI=1S/C45H53Cl2NO14/c1-21-29-36(59-23(3)49)38(54)43(7)27(51)19-28-45(20-58-28,62-24(4)50)37(43)35(61-39(55)26-17-13-10-14-18-26)30(42(29,5)6)32(52)34(21)60-40(56)33(53)31(25-15-11-9-12-16-25)48-41(57)44(8,47)22(2)46/h9-18,22,27-28,30-37,51-53H,19-20H2,1-8H3,(H,48,57)/t22?,27-,28+,30?,31-,32+,33+,34?,35+,36+,37-,43+,44?,45-/m0/s1. The van der Waals surface area contributed by atoms with Gasteiger partial charge in [-0.2, -0.15) is 0 Å². The Bertz CT molecular complexity index is 2130. The predicted octanol–water partition coefficient (Wildman–Crippen LogP) is 3.90. The van der Waals surface area contributed by atoms with E-state index in [1.807, 2.05) is 0 Å². The third kappa shape index (κ3) is 7.93. The topological polar surface area (TPSA) is 221 Å². The van der Waals surface area contributed by atoms with Gasteiger partial charge < -0.3 is 44.3 Å². The molecule has 62 heavy (non-hydrogen) atoms. The first-order valence-electron chi connectivity index (χ1n) is 20.4. The van der Waals surface area contributed by atoms with Gasteiger partial charge in [-0.15, -0.1) is 23.2 Å². The van der Waals surface area contributed by atoms with E-state index in [-0.39, 0.29) is 35.3 Å². The Balaban J connectivity index is 1.54. The zero-order valence-electron chi connectivity index (χ0n) is 35.6. The van der Waals surface area contributed by atoms with Gasteiger partial charge in [0.25, 0.3) is 0 Å². The van der Waals surface area contributed by atoms with Gasteiger partial charge >= 0.3 is 23.9 Å². The van der Waals surface area contributed by atoms with Crippen molar-refractivity contribution in [2.75, 3.05) is 6.61 Å². The number of esters is 4. The van der Waals surface area contributed by atoms with Crippen molar-refractivity contribution in [2.24, 2.45) is 22.7 Å². The molecule has 2 saturated carbocycles. The number of hydrogen-bond donors (Lipinski definition) is 4. The number of alkyl halides is 2. The Kier molecular flexibility index (Phi) is 13.1. The van der Waals surface area contributed by atoms with Crippen LogP contribution in [0.5, 0.6) is 0 Å². The van der Waals surface area contributed by atoms with Gasteiger partial charge in [-0.3, -0.25) is 19.2 Å². The highest BCUT2D eigenvalue weighted by molar-refractivity contribution is 6.40. The molecule has 3 aliphatic carbocycles. The predicted molar refractivity (Wildman–Crippen MR) is 221 cm³/mol. The molecule has 336 valence electrons. The molecule has 1 saturated heterocycles. The first-order chi connectivity index (χ1) is 28.9. The summed E-state index contributed by atoms with van der Waals surface area (Å²) in [4.78, 5) is 81.8. The quantitative estimate of drug-likeness (QED) is 0.109. The van der Waals surface area contributed by atoms with E-state index in [2.05, 4.69) is 5.32 Å². The lowest BCUT2D eigenvalue weighted by Crippen LogP contribution is -2.80. The van der Waals surface area contributed by atoms with Crippen molar-refractivity contribution < 1.29 is 67.8 Å². The summed E-state index contributed by atoms with van der Waals surface area (Å²) < 4.78 is 30.3. The number of ketones is 1. The van der Waals surface area contributed by atoms with Gasteiger partial charge in [0.15, 0.2) is 23.6 Å². The number of carbonyl (C=O) groups excluding carboxylic acids is 6. The molecule has 1 amide bonds. The largest absolute Gasteiger partial charge is 0.458 e. The van der Waals surface area contributed by atoms with Crippen molar-refractivity contribution in [3.8, 4) is 0 Å². The van der Waals surface area contributed by atoms with Crippen molar-refractivity contribution in [3.63, 3.8) is 0 Å². The number of hydrogen-bond acceptors (Lipinski definition) is 14. The molecular weight excluding hydrogens is 849 g/mol. The first-order valence-corrected chi connectivity index (χ1v) is 21.2. The van der Waals surface area contributed by atoms with E-state index in [4.69, 9.17) is 46.9 Å². The zero-order chi connectivity index (χ0) is 45.9. The Morgan fingerprint density at radius 2 is 1.53 bits per heavy atom. The monoisotopic (exact) mass is 901 g/mol. The van der Waals surface area contributed by atoms with Crippen LogP contribution in [0.3, 0.4) is 0 Å². The second-order valence-electron chi connectivity index (χ2n) is 17.6. The molecule has 17 heteroatoms. The van der Waals surface area contributed by atoms with Gasteiger partial charge in [0.2, 0.25) is 5.91 Å². The number of Topliss-reactive ketones (excluding diaryl/α,β-unsaturated/α-hetero) is 1.